The van der Waals surface area contributed by atoms with Crippen molar-refractivity contribution in [3.05, 3.63) is 48.0 Å². The molecule has 4 aromatic rings. The molecular formula is C24H23F2N5O. The van der Waals surface area contributed by atoms with Gasteiger partial charge >= 0.3 is 0 Å². The first kappa shape index (κ1) is 19.5. The Labute approximate surface area is 183 Å². The van der Waals surface area contributed by atoms with Gasteiger partial charge in [0.15, 0.2) is 23.0 Å². The topological polar surface area (TPSA) is 80.5 Å². The van der Waals surface area contributed by atoms with E-state index >= 15 is 0 Å². The zero-order valence-corrected chi connectivity index (χ0v) is 17.7. The number of nitrogens with one attached hydrogen (secondary N) is 1. The molecule has 3 aliphatic carbocycles. The molecule has 0 spiro atoms. The van der Waals surface area contributed by atoms with Gasteiger partial charge in [-0.05, 0) is 80.0 Å². The summed E-state index contributed by atoms with van der Waals surface area (Å²) in [6, 6.07) is 6.73. The SMILES string of the molecule is CC1C2CCC(CC2)C1Cc1cc(-c2ccco2)nc(-c2[nH]nc3nc(F)c(F)cc23)n1. The highest BCUT2D eigenvalue weighted by Crippen LogP contribution is 2.49. The minimum atomic E-state index is -1.18. The molecule has 0 aromatic carbocycles. The number of H-pyrrole nitrogens is 1. The van der Waals surface area contributed by atoms with E-state index in [4.69, 9.17) is 9.40 Å². The molecule has 8 heteroatoms. The molecule has 0 radical (unpaired) electrons. The summed E-state index contributed by atoms with van der Waals surface area (Å²) >= 11 is 0. The van der Waals surface area contributed by atoms with Crippen molar-refractivity contribution in [2.45, 2.75) is 39.0 Å². The zero-order valence-electron chi connectivity index (χ0n) is 17.7. The van der Waals surface area contributed by atoms with Crippen LogP contribution in [0.1, 0.15) is 38.3 Å². The number of aromatic amines is 1. The number of nitrogens with zero attached hydrogens (tertiary/aromatic N) is 4. The second kappa shape index (κ2) is 7.46. The summed E-state index contributed by atoms with van der Waals surface area (Å²) in [5.74, 6) is 1.58. The summed E-state index contributed by atoms with van der Waals surface area (Å²) in [7, 11) is 0. The van der Waals surface area contributed by atoms with Gasteiger partial charge < -0.3 is 4.42 Å². The molecular weight excluding hydrogens is 412 g/mol. The number of furan rings is 1. The van der Waals surface area contributed by atoms with Crippen molar-refractivity contribution in [2.75, 3.05) is 0 Å². The molecule has 3 fully saturated rings. The lowest BCUT2D eigenvalue weighted by Gasteiger charge is -2.47. The van der Waals surface area contributed by atoms with Crippen LogP contribution in [0.25, 0.3) is 34.0 Å². The van der Waals surface area contributed by atoms with E-state index < -0.39 is 11.8 Å². The van der Waals surface area contributed by atoms with Gasteiger partial charge in [0.2, 0.25) is 0 Å². The zero-order chi connectivity index (χ0) is 21.8. The van der Waals surface area contributed by atoms with Crippen LogP contribution >= 0.6 is 0 Å². The van der Waals surface area contributed by atoms with E-state index in [1.54, 1.807) is 6.26 Å². The van der Waals surface area contributed by atoms with Gasteiger partial charge in [-0.2, -0.15) is 14.5 Å². The van der Waals surface area contributed by atoms with Gasteiger partial charge in [-0.3, -0.25) is 5.10 Å². The van der Waals surface area contributed by atoms with Gasteiger partial charge in [0.05, 0.1) is 11.6 Å². The number of rotatable bonds is 4. The Balaban J connectivity index is 1.45. The second-order valence-electron chi connectivity index (χ2n) is 9.18. The molecule has 3 saturated carbocycles. The average Bonchev–Trinajstić information content (AvgIpc) is 3.47. The number of hydrogen-bond donors (Lipinski definition) is 1. The Bertz CT molecular complexity index is 1280. The van der Waals surface area contributed by atoms with E-state index in [0.29, 0.717) is 40.2 Å². The summed E-state index contributed by atoms with van der Waals surface area (Å²) in [5.41, 5.74) is 2.08. The van der Waals surface area contributed by atoms with Crippen LogP contribution in [0.5, 0.6) is 0 Å². The minimum Gasteiger partial charge on any atom is -0.463 e. The molecule has 0 saturated heterocycles. The molecule has 7 rings (SSSR count). The maximum Gasteiger partial charge on any atom is 0.251 e. The Hall–Kier alpha value is -3.16. The van der Waals surface area contributed by atoms with Crippen molar-refractivity contribution in [1.29, 1.82) is 0 Å². The van der Waals surface area contributed by atoms with Crippen LogP contribution in [0, 0.1) is 35.4 Å². The molecule has 1 N–H and O–H groups in total. The van der Waals surface area contributed by atoms with Crippen LogP contribution in [0.15, 0.2) is 34.9 Å². The molecule has 2 bridgehead atoms. The number of fused-ring (bicyclic) bond motifs is 4. The van der Waals surface area contributed by atoms with Crippen LogP contribution in [-0.2, 0) is 6.42 Å². The lowest BCUT2D eigenvalue weighted by Crippen LogP contribution is -2.39. The average molecular weight is 435 g/mol. The maximum atomic E-state index is 13.9. The van der Waals surface area contributed by atoms with Gasteiger partial charge in [-0.15, -0.1) is 0 Å². The number of halogens is 2. The summed E-state index contributed by atoms with van der Waals surface area (Å²) in [5, 5.41) is 7.20. The molecule has 164 valence electrons. The predicted molar refractivity (Wildman–Crippen MR) is 114 cm³/mol. The quantitative estimate of drug-likeness (QED) is 0.424. The maximum absolute atomic E-state index is 13.9. The van der Waals surface area contributed by atoms with E-state index in [1.807, 2.05) is 18.2 Å². The summed E-state index contributed by atoms with van der Waals surface area (Å²) in [6.45, 7) is 2.38. The molecule has 2 unspecified atom stereocenters. The van der Waals surface area contributed by atoms with Crippen LogP contribution in [0.3, 0.4) is 0 Å². The smallest absolute Gasteiger partial charge is 0.251 e. The van der Waals surface area contributed by atoms with Crippen molar-refractivity contribution < 1.29 is 13.2 Å². The molecule has 3 aliphatic rings. The minimum absolute atomic E-state index is 0.0886. The van der Waals surface area contributed by atoms with Crippen molar-refractivity contribution in [1.82, 2.24) is 25.1 Å². The number of hydrogen-bond acceptors (Lipinski definition) is 5. The van der Waals surface area contributed by atoms with Gasteiger partial charge in [-0.1, -0.05) is 6.92 Å². The highest BCUT2D eigenvalue weighted by Gasteiger charge is 2.41. The molecule has 2 atom stereocenters. The third-order valence-corrected chi connectivity index (χ3v) is 7.52. The van der Waals surface area contributed by atoms with Crippen molar-refractivity contribution in [3.8, 4) is 23.0 Å². The van der Waals surface area contributed by atoms with E-state index in [0.717, 1.165) is 30.0 Å². The lowest BCUT2D eigenvalue weighted by molar-refractivity contribution is 0.0339. The summed E-state index contributed by atoms with van der Waals surface area (Å²) < 4.78 is 33.1. The predicted octanol–water partition coefficient (Wildman–Crippen LogP) is 5.57. The van der Waals surface area contributed by atoms with Crippen molar-refractivity contribution in [3.63, 3.8) is 0 Å². The van der Waals surface area contributed by atoms with Gasteiger partial charge in [0, 0.05) is 5.69 Å². The highest BCUT2D eigenvalue weighted by molar-refractivity contribution is 5.88. The Morgan fingerprint density at radius 3 is 2.62 bits per heavy atom. The monoisotopic (exact) mass is 435 g/mol. The van der Waals surface area contributed by atoms with E-state index in [1.165, 1.54) is 25.7 Å². The van der Waals surface area contributed by atoms with Gasteiger partial charge in [0.1, 0.15) is 11.4 Å². The third kappa shape index (κ3) is 3.20. The fourth-order valence-corrected chi connectivity index (χ4v) is 5.80. The fourth-order valence-electron chi connectivity index (χ4n) is 5.80. The van der Waals surface area contributed by atoms with Crippen LogP contribution < -0.4 is 0 Å². The van der Waals surface area contributed by atoms with Gasteiger partial charge in [-0.25, -0.2) is 14.4 Å². The molecule has 0 amide bonds. The van der Waals surface area contributed by atoms with E-state index in [9.17, 15) is 8.78 Å². The molecule has 32 heavy (non-hydrogen) atoms. The molecule has 0 aliphatic heterocycles. The summed E-state index contributed by atoms with van der Waals surface area (Å²) in [4.78, 5) is 13.1. The Morgan fingerprint density at radius 1 is 1.06 bits per heavy atom. The Morgan fingerprint density at radius 2 is 1.88 bits per heavy atom. The van der Waals surface area contributed by atoms with Crippen LogP contribution in [0.2, 0.25) is 0 Å². The third-order valence-electron chi connectivity index (χ3n) is 7.52. The lowest BCUT2D eigenvalue weighted by atomic mass is 9.58. The van der Waals surface area contributed by atoms with E-state index in [2.05, 4.69) is 27.1 Å². The van der Waals surface area contributed by atoms with Crippen LogP contribution in [0.4, 0.5) is 8.78 Å². The molecule has 4 aromatic heterocycles. The van der Waals surface area contributed by atoms with Crippen molar-refractivity contribution >= 4 is 11.0 Å². The summed E-state index contributed by atoms with van der Waals surface area (Å²) in [6.07, 6.45) is 7.73. The molecule has 6 nitrogen and oxygen atoms in total. The van der Waals surface area contributed by atoms with Crippen LogP contribution in [-0.4, -0.2) is 25.1 Å². The fraction of sp³-hybridized carbons (Fsp3) is 0.417. The second-order valence-corrected chi connectivity index (χ2v) is 9.18. The Kier molecular flexibility index (Phi) is 4.55. The van der Waals surface area contributed by atoms with Gasteiger partial charge in [0.25, 0.3) is 5.95 Å². The first-order valence-corrected chi connectivity index (χ1v) is 11.2. The van der Waals surface area contributed by atoms with Crippen molar-refractivity contribution in [2.24, 2.45) is 23.7 Å². The largest absolute Gasteiger partial charge is 0.463 e. The molecule has 4 heterocycles. The number of aromatic nitrogens is 5. The first-order valence-electron chi connectivity index (χ1n) is 11.2. The normalized spacial score (nSPS) is 25.0. The highest BCUT2D eigenvalue weighted by atomic mass is 19.2. The first-order chi connectivity index (χ1) is 15.6. The number of pyridine rings is 1. The van der Waals surface area contributed by atoms with E-state index in [-0.39, 0.29) is 5.65 Å². The standard InChI is InChI=1S/C24H23F2N5O/c1-12-13-4-6-14(7-5-13)16(12)9-15-10-19(20-3-2-8-32-20)28-24(27-15)21-17-11-18(25)22(26)29-23(17)31-30-21/h2-3,8,10-14,16H,4-7,9H2,1H3,(H,29,30,31).